The first-order valence-corrected chi connectivity index (χ1v) is 8.45. The van der Waals surface area contributed by atoms with Crippen molar-refractivity contribution in [2.45, 2.75) is 76.9 Å². The maximum Gasteiger partial charge on any atom is 0.120 e. The van der Waals surface area contributed by atoms with Gasteiger partial charge in [0.05, 0.1) is 0 Å². The van der Waals surface area contributed by atoms with Crippen molar-refractivity contribution in [3.63, 3.8) is 0 Å². The average molecular weight is 287 g/mol. The molecule has 2 atom stereocenters. The zero-order valence-electron chi connectivity index (χ0n) is 13.7. The third kappa shape index (κ3) is 2.70. The van der Waals surface area contributed by atoms with E-state index in [1.54, 1.807) is 0 Å². The highest BCUT2D eigenvalue weighted by molar-refractivity contribution is 5.33. The number of nitrogens with two attached hydrogens (primary N) is 1. The van der Waals surface area contributed by atoms with Crippen LogP contribution in [0.4, 0.5) is 0 Å². The summed E-state index contributed by atoms with van der Waals surface area (Å²) < 4.78 is 6.37. The van der Waals surface area contributed by atoms with Crippen LogP contribution in [0.2, 0.25) is 0 Å². The molecule has 1 aromatic rings. The predicted octanol–water partition coefficient (Wildman–Crippen LogP) is 4.41. The highest BCUT2D eigenvalue weighted by atomic mass is 16.5. The van der Waals surface area contributed by atoms with Crippen LogP contribution in [0.15, 0.2) is 24.3 Å². The Kier molecular flexibility index (Phi) is 3.77. The molecule has 1 aromatic carbocycles. The summed E-state index contributed by atoms with van der Waals surface area (Å²) in [5, 5.41) is 0. The van der Waals surface area contributed by atoms with Gasteiger partial charge in [-0.3, -0.25) is 0 Å². The SMILES string of the molecule is CC(C)(C)c1cccc(OC2CC(N)C23CCCCC3)c1. The van der Waals surface area contributed by atoms with Crippen LogP contribution in [-0.2, 0) is 5.41 Å². The summed E-state index contributed by atoms with van der Waals surface area (Å²) in [7, 11) is 0. The van der Waals surface area contributed by atoms with Crippen molar-refractivity contribution >= 4 is 0 Å². The minimum atomic E-state index is 0.165. The van der Waals surface area contributed by atoms with Crippen molar-refractivity contribution in [2.75, 3.05) is 0 Å². The summed E-state index contributed by atoms with van der Waals surface area (Å²) in [6.07, 6.45) is 7.82. The molecule has 0 bridgehead atoms. The lowest BCUT2D eigenvalue weighted by atomic mass is 9.55. The molecule has 1 spiro atoms. The van der Waals surface area contributed by atoms with E-state index in [0.717, 1.165) is 12.2 Å². The van der Waals surface area contributed by atoms with E-state index in [-0.39, 0.29) is 10.8 Å². The van der Waals surface area contributed by atoms with Crippen molar-refractivity contribution in [2.24, 2.45) is 11.1 Å². The maximum atomic E-state index is 6.37. The molecule has 2 saturated carbocycles. The maximum absolute atomic E-state index is 6.37. The molecule has 21 heavy (non-hydrogen) atoms. The molecule has 2 nitrogen and oxygen atoms in total. The van der Waals surface area contributed by atoms with E-state index in [1.165, 1.54) is 37.7 Å². The van der Waals surface area contributed by atoms with E-state index in [9.17, 15) is 0 Å². The molecule has 2 aliphatic carbocycles. The van der Waals surface area contributed by atoms with Gasteiger partial charge in [0.25, 0.3) is 0 Å². The van der Waals surface area contributed by atoms with Crippen molar-refractivity contribution in [1.29, 1.82) is 0 Å². The molecule has 3 rings (SSSR count). The van der Waals surface area contributed by atoms with Gasteiger partial charge in [0.2, 0.25) is 0 Å². The Labute approximate surface area is 129 Å². The average Bonchev–Trinajstić information content (AvgIpc) is 2.47. The van der Waals surface area contributed by atoms with E-state index in [0.29, 0.717) is 12.1 Å². The molecule has 0 aromatic heterocycles. The molecular formula is C19H29NO. The topological polar surface area (TPSA) is 35.2 Å². The monoisotopic (exact) mass is 287 g/mol. The van der Waals surface area contributed by atoms with Crippen LogP contribution in [0.5, 0.6) is 5.75 Å². The van der Waals surface area contributed by atoms with Gasteiger partial charge >= 0.3 is 0 Å². The number of rotatable bonds is 2. The number of hydrogen-bond donors (Lipinski definition) is 1. The van der Waals surface area contributed by atoms with Crippen molar-refractivity contribution < 1.29 is 4.74 Å². The van der Waals surface area contributed by atoms with Gasteiger partial charge in [-0.05, 0) is 36.0 Å². The minimum Gasteiger partial charge on any atom is -0.490 e. The van der Waals surface area contributed by atoms with Crippen LogP contribution >= 0.6 is 0 Å². The van der Waals surface area contributed by atoms with E-state index in [4.69, 9.17) is 10.5 Å². The number of ether oxygens (including phenoxy) is 1. The molecule has 0 amide bonds. The molecule has 2 fully saturated rings. The van der Waals surface area contributed by atoms with Gasteiger partial charge in [0, 0.05) is 17.9 Å². The lowest BCUT2D eigenvalue weighted by Gasteiger charge is -2.56. The molecular weight excluding hydrogens is 258 g/mol. The zero-order chi connectivity index (χ0) is 15.1. The van der Waals surface area contributed by atoms with E-state index >= 15 is 0 Å². The Balaban J connectivity index is 1.75. The fourth-order valence-electron chi connectivity index (χ4n) is 4.05. The fourth-order valence-corrected chi connectivity index (χ4v) is 4.05. The number of benzene rings is 1. The first kappa shape index (κ1) is 14.9. The largest absolute Gasteiger partial charge is 0.490 e. The van der Waals surface area contributed by atoms with Gasteiger partial charge in [-0.2, -0.15) is 0 Å². The van der Waals surface area contributed by atoms with Crippen LogP contribution in [0.25, 0.3) is 0 Å². The number of hydrogen-bond acceptors (Lipinski definition) is 2. The van der Waals surface area contributed by atoms with Crippen molar-refractivity contribution in [3.05, 3.63) is 29.8 Å². The van der Waals surface area contributed by atoms with Crippen LogP contribution in [0, 0.1) is 5.41 Å². The standard InChI is InChI=1S/C19H29NO/c1-18(2,3)14-8-7-9-15(12-14)21-17-13-16(20)19(17)10-5-4-6-11-19/h7-9,12,16-17H,4-6,10-11,13,20H2,1-3H3. The third-order valence-electron chi connectivity index (χ3n) is 5.61. The Hall–Kier alpha value is -1.02. The highest BCUT2D eigenvalue weighted by Gasteiger charge is 2.54. The quantitative estimate of drug-likeness (QED) is 0.874. The molecule has 2 aliphatic rings. The first-order valence-electron chi connectivity index (χ1n) is 8.45. The lowest BCUT2D eigenvalue weighted by molar-refractivity contribution is -0.0898. The summed E-state index contributed by atoms with van der Waals surface area (Å²) in [5.74, 6) is 1.02. The molecule has 2 unspecified atom stereocenters. The lowest BCUT2D eigenvalue weighted by Crippen LogP contribution is -2.64. The second kappa shape index (κ2) is 5.31. The van der Waals surface area contributed by atoms with Gasteiger partial charge in [0.1, 0.15) is 11.9 Å². The summed E-state index contributed by atoms with van der Waals surface area (Å²) in [4.78, 5) is 0. The van der Waals surface area contributed by atoms with Gasteiger partial charge in [-0.25, -0.2) is 0 Å². The van der Waals surface area contributed by atoms with Crippen LogP contribution < -0.4 is 10.5 Å². The molecule has 0 heterocycles. The third-order valence-corrected chi connectivity index (χ3v) is 5.61. The van der Waals surface area contributed by atoms with Crippen molar-refractivity contribution in [3.8, 4) is 5.75 Å². The van der Waals surface area contributed by atoms with Gasteiger partial charge in [-0.15, -0.1) is 0 Å². The van der Waals surface area contributed by atoms with E-state index in [1.807, 2.05) is 0 Å². The molecule has 2 N–H and O–H groups in total. The van der Waals surface area contributed by atoms with E-state index in [2.05, 4.69) is 45.0 Å². The molecule has 0 saturated heterocycles. The molecule has 0 aliphatic heterocycles. The predicted molar refractivity (Wildman–Crippen MR) is 87.7 cm³/mol. The summed E-state index contributed by atoms with van der Waals surface area (Å²) in [6.45, 7) is 6.73. The van der Waals surface area contributed by atoms with Gasteiger partial charge in [0.15, 0.2) is 0 Å². The summed E-state index contributed by atoms with van der Waals surface area (Å²) >= 11 is 0. The zero-order valence-corrected chi connectivity index (χ0v) is 13.7. The Morgan fingerprint density at radius 3 is 2.48 bits per heavy atom. The smallest absolute Gasteiger partial charge is 0.120 e. The first-order chi connectivity index (χ1) is 9.92. The highest BCUT2D eigenvalue weighted by Crippen LogP contribution is 2.52. The minimum absolute atomic E-state index is 0.165. The Morgan fingerprint density at radius 2 is 1.86 bits per heavy atom. The summed E-state index contributed by atoms with van der Waals surface area (Å²) in [6, 6.07) is 8.95. The summed E-state index contributed by atoms with van der Waals surface area (Å²) in [5.41, 5.74) is 8.11. The van der Waals surface area contributed by atoms with Gasteiger partial charge in [-0.1, -0.05) is 52.2 Å². The fraction of sp³-hybridized carbons (Fsp3) is 0.684. The Bertz CT molecular complexity index is 497. The van der Waals surface area contributed by atoms with E-state index < -0.39 is 0 Å². The van der Waals surface area contributed by atoms with Crippen LogP contribution in [-0.4, -0.2) is 12.1 Å². The van der Waals surface area contributed by atoms with Gasteiger partial charge < -0.3 is 10.5 Å². The second-order valence-corrected chi connectivity index (χ2v) is 8.02. The normalized spacial score (nSPS) is 28.2. The van der Waals surface area contributed by atoms with Crippen molar-refractivity contribution in [1.82, 2.24) is 0 Å². The Morgan fingerprint density at radius 1 is 1.14 bits per heavy atom. The second-order valence-electron chi connectivity index (χ2n) is 8.02. The molecule has 0 radical (unpaired) electrons. The van der Waals surface area contributed by atoms with Crippen LogP contribution in [0.3, 0.4) is 0 Å². The molecule has 116 valence electrons. The van der Waals surface area contributed by atoms with Crippen LogP contribution in [0.1, 0.15) is 64.9 Å². The molecule has 2 heteroatoms.